The highest BCUT2D eigenvalue weighted by Gasteiger charge is 2.27. The van der Waals surface area contributed by atoms with Crippen LogP contribution in [0.2, 0.25) is 5.02 Å². The van der Waals surface area contributed by atoms with Gasteiger partial charge in [-0.15, -0.1) is 0 Å². The van der Waals surface area contributed by atoms with E-state index in [-0.39, 0.29) is 16.3 Å². The number of benzene rings is 1. The van der Waals surface area contributed by atoms with E-state index in [9.17, 15) is 9.59 Å². The second-order valence-electron chi connectivity index (χ2n) is 5.12. The Labute approximate surface area is 122 Å². The van der Waals surface area contributed by atoms with E-state index in [1.165, 1.54) is 25.0 Å². The molecule has 20 heavy (non-hydrogen) atoms. The first-order valence-corrected chi connectivity index (χ1v) is 6.93. The highest BCUT2D eigenvalue weighted by molar-refractivity contribution is 6.34. The molecule has 0 bridgehead atoms. The number of aromatic carboxylic acids is 1. The van der Waals surface area contributed by atoms with E-state index in [4.69, 9.17) is 16.7 Å². The van der Waals surface area contributed by atoms with Gasteiger partial charge in [-0.25, -0.2) is 9.59 Å². The van der Waals surface area contributed by atoms with Gasteiger partial charge in [0.25, 0.3) is 0 Å². The third-order valence-electron chi connectivity index (χ3n) is 3.49. The first-order chi connectivity index (χ1) is 9.49. The highest BCUT2D eigenvalue weighted by Crippen LogP contribution is 2.36. The van der Waals surface area contributed by atoms with Gasteiger partial charge < -0.3 is 15.7 Å². The molecule has 0 aliphatic heterocycles. The molecule has 0 spiro atoms. The van der Waals surface area contributed by atoms with Gasteiger partial charge in [-0.3, -0.25) is 0 Å². The van der Waals surface area contributed by atoms with Crippen LogP contribution in [0.5, 0.6) is 0 Å². The molecule has 108 valence electrons. The zero-order chi connectivity index (χ0) is 14.7. The summed E-state index contributed by atoms with van der Waals surface area (Å²) in [7, 11) is 0. The SMILES string of the molecule is CC(CNC(=O)Nc1cccc(Cl)c1C(=O)O)C1CC1. The summed E-state index contributed by atoms with van der Waals surface area (Å²) in [6, 6.07) is 4.17. The number of carboxylic acids is 1. The van der Waals surface area contributed by atoms with Crippen LogP contribution in [0.1, 0.15) is 30.1 Å². The first kappa shape index (κ1) is 14.7. The number of carboxylic acid groups (broad SMARTS) is 1. The van der Waals surface area contributed by atoms with Gasteiger partial charge in [0.2, 0.25) is 0 Å². The molecule has 1 atom stereocenters. The summed E-state index contributed by atoms with van der Waals surface area (Å²) in [5.41, 5.74) is 0.0983. The molecule has 5 nitrogen and oxygen atoms in total. The monoisotopic (exact) mass is 296 g/mol. The Morgan fingerprint density at radius 3 is 2.75 bits per heavy atom. The lowest BCUT2D eigenvalue weighted by molar-refractivity contribution is 0.0698. The Balaban J connectivity index is 1.96. The molecule has 1 aromatic carbocycles. The molecule has 0 heterocycles. The van der Waals surface area contributed by atoms with Crippen LogP contribution in [0.25, 0.3) is 0 Å². The van der Waals surface area contributed by atoms with Gasteiger partial charge in [0.1, 0.15) is 5.56 Å². The molecule has 2 rings (SSSR count). The zero-order valence-electron chi connectivity index (χ0n) is 11.1. The van der Waals surface area contributed by atoms with Crippen LogP contribution >= 0.6 is 11.6 Å². The van der Waals surface area contributed by atoms with Gasteiger partial charge in [-0.1, -0.05) is 24.6 Å². The van der Waals surface area contributed by atoms with Crippen molar-refractivity contribution in [3.05, 3.63) is 28.8 Å². The minimum atomic E-state index is -1.17. The summed E-state index contributed by atoms with van der Waals surface area (Å²) in [5, 5.41) is 14.5. The van der Waals surface area contributed by atoms with Gasteiger partial charge in [0.05, 0.1) is 10.7 Å². The molecular formula is C14H17ClN2O3. The predicted octanol–water partition coefficient (Wildman–Crippen LogP) is 3.21. The second-order valence-corrected chi connectivity index (χ2v) is 5.52. The van der Waals surface area contributed by atoms with E-state index >= 15 is 0 Å². The lowest BCUT2D eigenvalue weighted by atomic mass is 10.1. The largest absolute Gasteiger partial charge is 0.478 e. The molecule has 2 amide bonds. The van der Waals surface area contributed by atoms with Crippen molar-refractivity contribution in [3.63, 3.8) is 0 Å². The van der Waals surface area contributed by atoms with Gasteiger partial charge in [-0.05, 0) is 36.8 Å². The van der Waals surface area contributed by atoms with Crippen LogP contribution in [0.3, 0.4) is 0 Å². The fourth-order valence-electron chi connectivity index (χ4n) is 2.10. The fourth-order valence-corrected chi connectivity index (χ4v) is 2.35. The molecule has 1 fully saturated rings. The number of halogens is 1. The van der Waals surface area contributed by atoms with Crippen molar-refractivity contribution in [2.75, 3.05) is 11.9 Å². The lowest BCUT2D eigenvalue weighted by Gasteiger charge is -2.13. The molecule has 0 radical (unpaired) electrons. The van der Waals surface area contributed by atoms with E-state index in [1.807, 2.05) is 0 Å². The Hall–Kier alpha value is -1.75. The molecule has 3 N–H and O–H groups in total. The van der Waals surface area contributed by atoms with E-state index < -0.39 is 12.0 Å². The number of hydrogen-bond donors (Lipinski definition) is 3. The van der Waals surface area contributed by atoms with Gasteiger partial charge in [0.15, 0.2) is 0 Å². The van der Waals surface area contributed by atoms with Crippen molar-refractivity contribution in [1.29, 1.82) is 0 Å². The summed E-state index contributed by atoms with van der Waals surface area (Å²) in [6.07, 6.45) is 2.45. The number of carbonyl (C=O) groups is 2. The minimum absolute atomic E-state index is 0.0976. The maximum Gasteiger partial charge on any atom is 0.339 e. The fraction of sp³-hybridized carbons (Fsp3) is 0.429. The number of rotatable bonds is 5. The Morgan fingerprint density at radius 2 is 2.15 bits per heavy atom. The van der Waals surface area contributed by atoms with E-state index in [2.05, 4.69) is 17.6 Å². The molecule has 0 aromatic heterocycles. The molecule has 1 saturated carbocycles. The third-order valence-corrected chi connectivity index (χ3v) is 3.80. The quantitative estimate of drug-likeness (QED) is 0.780. The van der Waals surface area contributed by atoms with Crippen LogP contribution in [0.15, 0.2) is 18.2 Å². The summed E-state index contributed by atoms with van der Waals surface area (Å²) >= 11 is 5.83. The van der Waals surface area contributed by atoms with Crippen molar-refractivity contribution < 1.29 is 14.7 Å². The Kier molecular flexibility index (Phi) is 4.49. The molecule has 0 saturated heterocycles. The van der Waals surface area contributed by atoms with Gasteiger partial charge in [0, 0.05) is 6.54 Å². The summed E-state index contributed by atoms with van der Waals surface area (Å²) in [5.74, 6) is -0.0210. The number of hydrogen-bond acceptors (Lipinski definition) is 2. The smallest absolute Gasteiger partial charge is 0.339 e. The molecule has 1 aliphatic carbocycles. The topological polar surface area (TPSA) is 78.4 Å². The van der Waals surface area contributed by atoms with E-state index in [1.54, 1.807) is 6.07 Å². The number of nitrogens with one attached hydrogen (secondary N) is 2. The summed E-state index contributed by atoms with van der Waals surface area (Å²) in [4.78, 5) is 22.9. The van der Waals surface area contributed by atoms with Crippen molar-refractivity contribution >= 4 is 29.3 Å². The van der Waals surface area contributed by atoms with Crippen LogP contribution in [0, 0.1) is 11.8 Å². The standard InChI is InChI=1S/C14H17ClN2O3/c1-8(9-5-6-9)7-16-14(20)17-11-4-2-3-10(15)12(11)13(18)19/h2-4,8-9H,5-7H2,1H3,(H,18,19)(H2,16,17,20). The minimum Gasteiger partial charge on any atom is -0.478 e. The summed E-state index contributed by atoms with van der Waals surface area (Å²) < 4.78 is 0. The Bertz CT molecular complexity index is 529. The maximum absolute atomic E-state index is 11.8. The van der Waals surface area contributed by atoms with Gasteiger partial charge >= 0.3 is 12.0 Å². The first-order valence-electron chi connectivity index (χ1n) is 6.55. The van der Waals surface area contributed by atoms with E-state index in [0.29, 0.717) is 18.4 Å². The highest BCUT2D eigenvalue weighted by atomic mass is 35.5. The normalized spacial score (nSPS) is 15.5. The van der Waals surface area contributed by atoms with Crippen LogP contribution in [-0.2, 0) is 0 Å². The molecule has 1 aliphatic rings. The van der Waals surface area contributed by atoms with E-state index in [0.717, 1.165) is 0 Å². The van der Waals surface area contributed by atoms with Crippen molar-refractivity contribution in [1.82, 2.24) is 5.32 Å². The molecular weight excluding hydrogens is 280 g/mol. The van der Waals surface area contributed by atoms with Crippen molar-refractivity contribution in [2.45, 2.75) is 19.8 Å². The molecule has 1 aromatic rings. The number of urea groups is 1. The number of amides is 2. The number of anilines is 1. The zero-order valence-corrected chi connectivity index (χ0v) is 11.9. The van der Waals surface area contributed by atoms with Crippen LogP contribution in [-0.4, -0.2) is 23.7 Å². The Morgan fingerprint density at radius 1 is 1.45 bits per heavy atom. The average Bonchev–Trinajstić information content (AvgIpc) is 3.19. The third kappa shape index (κ3) is 3.63. The maximum atomic E-state index is 11.8. The second kappa shape index (κ2) is 6.13. The van der Waals surface area contributed by atoms with Crippen LogP contribution in [0.4, 0.5) is 10.5 Å². The number of carbonyl (C=O) groups excluding carboxylic acids is 1. The average molecular weight is 297 g/mol. The van der Waals surface area contributed by atoms with Crippen molar-refractivity contribution in [3.8, 4) is 0 Å². The van der Waals surface area contributed by atoms with Gasteiger partial charge in [-0.2, -0.15) is 0 Å². The molecule has 1 unspecified atom stereocenters. The summed E-state index contributed by atoms with van der Waals surface area (Å²) in [6.45, 7) is 2.68. The molecule has 6 heteroatoms. The van der Waals surface area contributed by atoms with Crippen molar-refractivity contribution in [2.24, 2.45) is 11.8 Å². The van der Waals surface area contributed by atoms with Crippen LogP contribution < -0.4 is 10.6 Å². The lowest BCUT2D eigenvalue weighted by Crippen LogP contribution is -2.33. The predicted molar refractivity (Wildman–Crippen MR) is 77.3 cm³/mol.